The van der Waals surface area contributed by atoms with Crippen molar-refractivity contribution < 1.29 is 8.42 Å². The van der Waals surface area contributed by atoms with Crippen LogP contribution in [0.1, 0.15) is 24.8 Å². The molecule has 1 aromatic carbocycles. The second-order valence-corrected chi connectivity index (χ2v) is 6.44. The average molecular weight is 269 g/mol. The minimum atomic E-state index is -3.73. The lowest BCUT2D eigenvalue weighted by Gasteiger charge is -2.26. The maximum absolute atomic E-state index is 11.5. The predicted octanol–water partition coefficient (Wildman–Crippen LogP) is 1.44. The molecule has 0 saturated heterocycles. The third kappa shape index (κ3) is 2.76. The van der Waals surface area contributed by atoms with Gasteiger partial charge in [-0.2, -0.15) is 0 Å². The third-order valence-electron chi connectivity index (χ3n) is 3.49. The van der Waals surface area contributed by atoms with Crippen molar-refractivity contribution in [2.45, 2.75) is 31.1 Å². The van der Waals surface area contributed by atoms with E-state index in [2.05, 4.69) is 5.32 Å². The Labute approximate surface area is 108 Å². The van der Waals surface area contributed by atoms with Crippen LogP contribution in [0.25, 0.3) is 0 Å². The largest absolute Gasteiger partial charge is 0.399 e. The highest BCUT2D eigenvalue weighted by Crippen LogP contribution is 2.29. The number of hydrogen-bond donors (Lipinski definition) is 3. The van der Waals surface area contributed by atoms with Gasteiger partial charge in [-0.3, -0.25) is 0 Å². The minimum absolute atomic E-state index is 0.0959. The van der Waals surface area contributed by atoms with E-state index in [9.17, 15) is 8.42 Å². The predicted molar refractivity (Wildman–Crippen MR) is 72.8 cm³/mol. The molecular weight excluding hydrogens is 250 g/mol. The molecule has 1 saturated carbocycles. The molecule has 1 fully saturated rings. The number of anilines is 2. The summed E-state index contributed by atoms with van der Waals surface area (Å²) < 4.78 is 22.9. The van der Waals surface area contributed by atoms with Crippen LogP contribution < -0.4 is 16.2 Å². The molecule has 1 aliphatic rings. The number of nitrogens with two attached hydrogens (primary N) is 2. The number of hydrogen-bond acceptors (Lipinski definition) is 4. The summed E-state index contributed by atoms with van der Waals surface area (Å²) in [4.78, 5) is 0.0959. The molecule has 1 aromatic rings. The lowest BCUT2D eigenvalue weighted by Crippen LogP contribution is -2.22. The molecule has 0 heterocycles. The lowest BCUT2D eigenvalue weighted by molar-refractivity contribution is 0.333. The van der Waals surface area contributed by atoms with Gasteiger partial charge in [0.2, 0.25) is 10.0 Å². The highest BCUT2D eigenvalue weighted by atomic mass is 32.2. The first kappa shape index (κ1) is 13.2. The summed E-state index contributed by atoms with van der Waals surface area (Å²) in [5.74, 6) is 0.684. The fraction of sp³-hybridized carbons (Fsp3) is 0.500. The number of rotatable bonds is 4. The molecule has 5 nitrogen and oxygen atoms in total. The van der Waals surface area contributed by atoms with Crippen molar-refractivity contribution in [3.8, 4) is 0 Å². The topological polar surface area (TPSA) is 98.2 Å². The van der Waals surface area contributed by atoms with Crippen LogP contribution in [-0.4, -0.2) is 15.0 Å². The second kappa shape index (κ2) is 4.78. The van der Waals surface area contributed by atoms with Crippen LogP contribution >= 0.6 is 0 Å². The van der Waals surface area contributed by atoms with Gasteiger partial charge in [0.1, 0.15) is 0 Å². The van der Waals surface area contributed by atoms with E-state index in [0.717, 1.165) is 12.2 Å². The van der Waals surface area contributed by atoms with Gasteiger partial charge in [0.15, 0.2) is 0 Å². The molecular formula is C12H19N3O2S. The Morgan fingerprint density at radius 1 is 1.39 bits per heavy atom. The zero-order chi connectivity index (χ0) is 13.3. The zero-order valence-electron chi connectivity index (χ0n) is 10.4. The summed E-state index contributed by atoms with van der Waals surface area (Å²) in [5, 5.41) is 8.45. The second-order valence-electron chi connectivity index (χ2n) is 4.91. The van der Waals surface area contributed by atoms with Crippen molar-refractivity contribution in [3.05, 3.63) is 17.7 Å². The molecule has 0 amide bonds. The Balaban J connectivity index is 2.26. The summed E-state index contributed by atoms with van der Waals surface area (Å²) in [6.07, 6.45) is 3.75. The van der Waals surface area contributed by atoms with Crippen LogP contribution in [-0.2, 0) is 10.0 Å². The van der Waals surface area contributed by atoms with Crippen LogP contribution in [0.3, 0.4) is 0 Å². The molecule has 6 heteroatoms. The van der Waals surface area contributed by atoms with Gasteiger partial charge in [-0.15, -0.1) is 0 Å². The summed E-state index contributed by atoms with van der Waals surface area (Å²) in [7, 11) is -3.73. The number of sulfonamides is 1. The number of benzene rings is 1. The molecule has 0 atom stereocenters. The monoisotopic (exact) mass is 269 g/mol. The van der Waals surface area contributed by atoms with Crippen molar-refractivity contribution >= 4 is 21.4 Å². The summed E-state index contributed by atoms with van der Waals surface area (Å²) >= 11 is 0. The molecule has 2 rings (SSSR count). The maximum atomic E-state index is 11.5. The minimum Gasteiger partial charge on any atom is -0.399 e. The Bertz CT molecular complexity index is 551. The summed E-state index contributed by atoms with van der Waals surface area (Å²) in [6.45, 7) is 2.59. The van der Waals surface area contributed by atoms with Gasteiger partial charge in [0.25, 0.3) is 0 Å². The maximum Gasteiger partial charge on any atom is 0.238 e. The smallest absolute Gasteiger partial charge is 0.238 e. The van der Waals surface area contributed by atoms with Crippen LogP contribution in [0, 0.1) is 12.8 Å². The third-order valence-corrected chi connectivity index (χ3v) is 4.53. The highest BCUT2D eigenvalue weighted by molar-refractivity contribution is 7.89. The van der Waals surface area contributed by atoms with Gasteiger partial charge in [0.05, 0.1) is 4.90 Å². The molecule has 5 N–H and O–H groups in total. The number of nitrogens with one attached hydrogen (secondary N) is 1. The molecule has 0 spiro atoms. The SMILES string of the molecule is Cc1c(NCC2CCC2)cc(N)cc1S(N)(=O)=O. The van der Waals surface area contributed by atoms with Crippen molar-refractivity contribution in [3.63, 3.8) is 0 Å². The van der Waals surface area contributed by atoms with Crippen molar-refractivity contribution in [2.75, 3.05) is 17.6 Å². The van der Waals surface area contributed by atoms with E-state index in [-0.39, 0.29) is 4.90 Å². The van der Waals surface area contributed by atoms with E-state index < -0.39 is 10.0 Å². The number of primary sulfonamides is 1. The first-order chi connectivity index (χ1) is 8.38. The van der Waals surface area contributed by atoms with E-state index in [4.69, 9.17) is 10.9 Å². The average Bonchev–Trinajstić information content (AvgIpc) is 2.18. The first-order valence-electron chi connectivity index (χ1n) is 6.04. The summed E-state index contributed by atoms with van der Waals surface area (Å²) in [6, 6.07) is 3.15. The van der Waals surface area contributed by atoms with E-state index in [1.54, 1.807) is 13.0 Å². The molecule has 0 radical (unpaired) electrons. The first-order valence-corrected chi connectivity index (χ1v) is 7.59. The van der Waals surface area contributed by atoms with E-state index in [0.29, 0.717) is 17.2 Å². The van der Waals surface area contributed by atoms with Crippen molar-refractivity contribution in [1.29, 1.82) is 0 Å². The molecule has 0 unspecified atom stereocenters. The normalized spacial score (nSPS) is 16.3. The lowest BCUT2D eigenvalue weighted by atomic mass is 9.85. The number of nitrogen functional groups attached to an aromatic ring is 1. The molecule has 1 aliphatic carbocycles. The zero-order valence-corrected chi connectivity index (χ0v) is 11.3. The van der Waals surface area contributed by atoms with Crippen LogP contribution in [0.4, 0.5) is 11.4 Å². The van der Waals surface area contributed by atoms with Crippen molar-refractivity contribution in [1.82, 2.24) is 0 Å². The van der Waals surface area contributed by atoms with E-state index in [1.165, 1.54) is 25.3 Å². The Kier molecular flexibility index (Phi) is 3.49. The molecule has 0 bridgehead atoms. The van der Waals surface area contributed by atoms with Gasteiger partial charge in [0, 0.05) is 17.9 Å². The molecule has 100 valence electrons. The van der Waals surface area contributed by atoms with Gasteiger partial charge in [-0.05, 0) is 43.4 Å². The Hall–Kier alpha value is -1.27. The van der Waals surface area contributed by atoms with E-state index in [1.807, 2.05) is 0 Å². The van der Waals surface area contributed by atoms with Gasteiger partial charge in [-0.1, -0.05) is 6.42 Å². The van der Waals surface area contributed by atoms with Crippen molar-refractivity contribution in [2.24, 2.45) is 11.1 Å². The fourth-order valence-corrected chi connectivity index (χ4v) is 2.98. The van der Waals surface area contributed by atoms with Crippen LogP contribution in [0.5, 0.6) is 0 Å². The fourth-order valence-electron chi connectivity index (χ4n) is 2.14. The highest BCUT2D eigenvalue weighted by Gasteiger charge is 2.19. The van der Waals surface area contributed by atoms with Gasteiger partial charge in [-0.25, -0.2) is 13.6 Å². The Morgan fingerprint density at radius 3 is 2.56 bits per heavy atom. The molecule has 18 heavy (non-hydrogen) atoms. The van der Waals surface area contributed by atoms with Gasteiger partial charge < -0.3 is 11.1 Å². The molecule has 0 aromatic heterocycles. The summed E-state index contributed by atoms with van der Waals surface area (Å²) in [5.41, 5.74) is 7.51. The Morgan fingerprint density at radius 2 is 2.06 bits per heavy atom. The quantitative estimate of drug-likeness (QED) is 0.720. The van der Waals surface area contributed by atoms with Crippen LogP contribution in [0.2, 0.25) is 0 Å². The van der Waals surface area contributed by atoms with E-state index >= 15 is 0 Å². The van der Waals surface area contributed by atoms with Crippen LogP contribution in [0.15, 0.2) is 17.0 Å². The standard InChI is InChI=1S/C12H19N3O2S/c1-8-11(15-7-9-3-2-4-9)5-10(13)6-12(8)18(14,16)17/h5-6,9,15H,2-4,7,13H2,1H3,(H2,14,16,17). The van der Waals surface area contributed by atoms with Gasteiger partial charge >= 0.3 is 0 Å². The molecule has 0 aliphatic heterocycles.